The first kappa shape index (κ1) is 14.2. The summed E-state index contributed by atoms with van der Waals surface area (Å²) in [5.74, 6) is 0.975. The third kappa shape index (κ3) is 2.98. The molecule has 0 aromatic carbocycles. The van der Waals surface area contributed by atoms with Crippen molar-refractivity contribution in [2.75, 3.05) is 25.1 Å². The van der Waals surface area contributed by atoms with Gasteiger partial charge in [-0.15, -0.1) is 0 Å². The van der Waals surface area contributed by atoms with Crippen LogP contribution in [0.2, 0.25) is 5.28 Å². The Morgan fingerprint density at radius 1 is 1.29 bits per heavy atom. The van der Waals surface area contributed by atoms with Gasteiger partial charge in [0.05, 0.1) is 5.60 Å². The average molecular weight is 309 g/mol. The predicted molar refractivity (Wildman–Crippen MR) is 78.8 cm³/mol. The summed E-state index contributed by atoms with van der Waals surface area (Å²) in [7, 11) is 1.74. The molecule has 0 bridgehead atoms. The molecule has 1 unspecified atom stereocenters. The molecule has 3 rings (SSSR count). The zero-order valence-electron chi connectivity index (χ0n) is 12.0. The van der Waals surface area contributed by atoms with E-state index in [2.05, 4.69) is 31.9 Å². The fourth-order valence-electron chi connectivity index (χ4n) is 2.50. The maximum Gasteiger partial charge on any atom is 0.256 e. The van der Waals surface area contributed by atoms with E-state index in [1.807, 2.05) is 0 Å². The second-order valence-corrected chi connectivity index (χ2v) is 5.67. The van der Waals surface area contributed by atoms with Gasteiger partial charge >= 0.3 is 0 Å². The molecule has 0 saturated carbocycles. The van der Waals surface area contributed by atoms with E-state index in [-0.39, 0.29) is 10.9 Å². The van der Waals surface area contributed by atoms with Crippen LogP contribution < -0.4 is 4.90 Å². The number of ether oxygens (including phenoxy) is 1. The van der Waals surface area contributed by atoms with Crippen LogP contribution in [-0.2, 0) is 4.74 Å². The van der Waals surface area contributed by atoms with E-state index in [0.717, 1.165) is 25.9 Å². The molecular weight excluding hydrogens is 292 g/mol. The second kappa shape index (κ2) is 5.57. The zero-order valence-corrected chi connectivity index (χ0v) is 12.8. The number of hydrogen-bond acceptors (Lipinski definition) is 6. The Labute approximate surface area is 127 Å². The lowest BCUT2D eigenvalue weighted by Gasteiger charge is -2.39. The fraction of sp³-hybridized carbons (Fsp3) is 0.538. The Hall–Kier alpha value is -1.73. The molecule has 21 heavy (non-hydrogen) atoms. The van der Waals surface area contributed by atoms with E-state index >= 15 is 0 Å². The van der Waals surface area contributed by atoms with Crippen molar-refractivity contribution in [3.63, 3.8) is 0 Å². The highest BCUT2D eigenvalue weighted by Gasteiger charge is 2.32. The number of halogens is 1. The van der Waals surface area contributed by atoms with E-state index < -0.39 is 0 Å². The molecule has 2 aromatic rings. The molecule has 1 atom stereocenters. The largest absolute Gasteiger partial charge is 0.377 e. The van der Waals surface area contributed by atoms with E-state index in [1.54, 1.807) is 30.3 Å². The number of piperidine rings is 1. The normalized spacial score (nSPS) is 22.5. The average Bonchev–Trinajstić information content (AvgIpc) is 3.01. The van der Waals surface area contributed by atoms with Gasteiger partial charge in [-0.3, -0.25) is 0 Å². The van der Waals surface area contributed by atoms with Gasteiger partial charge in [0.15, 0.2) is 0 Å². The van der Waals surface area contributed by atoms with Gasteiger partial charge < -0.3 is 9.64 Å². The predicted octanol–water partition coefficient (Wildman–Crippen LogP) is 1.72. The molecule has 0 amide bonds. The summed E-state index contributed by atoms with van der Waals surface area (Å²) in [6.07, 6.45) is 5.47. The monoisotopic (exact) mass is 308 g/mol. The number of hydrogen-bond donors (Lipinski definition) is 0. The van der Waals surface area contributed by atoms with Crippen LogP contribution in [-0.4, -0.2) is 50.5 Å². The zero-order chi connectivity index (χ0) is 14.9. The molecule has 3 heterocycles. The van der Waals surface area contributed by atoms with Gasteiger partial charge in [0.2, 0.25) is 11.2 Å². The van der Waals surface area contributed by atoms with Gasteiger partial charge in [0, 0.05) is 32.6 Å². The SMILES string of the molecule is COC1(C)CCCN(c2nc(Cl)nc(-n3cccn3)n2)C1. The van der Waals surface area contributed by atoms with Gasteiger partial charge in [-0.1, -0.05) is 0 Å². The Kier molecular flexibility index (Phi) is 3.77. The molecule has 2 aromatic heterocycles. The number of methoxy groups -OCH3 is 1. The quantitative estimate of drug-likeness (QED) is 0.860. The van der Waals surface area contributed by atoms with E-state index in [0.29, 0.717) is 11.9 Å². The van der Waals surface area contributed by atoms with Crippen LogP contribution in [0, 0.1) is 0 Å². The van der Waals surface area contributed by atoms with Crippen molar-refractivity contribution in [2.45, 2.75) is 25.4 Å². The van der Waals surface area contributed by atoms with Crippen molar-refractivity contribution in [2.24, 2.45) is 0 Å². The standard InChI is InChI=1S/C13H17ClN6O/c1-13(21-2)5-3-7-19(9-13)11-16-10(14)17-12(18-11)20-8-4-6-15-20/h4,6,8H,3,5,7,9H2,1-2H3. The van der Waals surface area contributed by atoms with Crippen LogP contribution in [0.25, 0.3) is 5.95 Å². The highest BCUT2D eigenvalue weighted by Crippen LogP contribution is 2.26. The van der Waals surface area contributed by atoms with Crippen molar-refractivity contribution in [1.82, 2.24) is 24.7 Å². The van der Waals surface area contributed by atoms with Crippen LogP contribution in [0.3, 0.4) is 0 Å². The maximum absolute atomic E-state index is 6.03. The Bertz CT molecular complexity index is 619. The van der Waals surface area contributed by atoms with Crippen molar-refractivity contribution in [3.8, 4) is 5.95 Å². The van der Waals surface area contributed by atoms with Crippen LogP contribution >= 0.6 is 11.6 Å². The molecule has 0 radical (unpaired) electrons. The lowest BCUT2D eigenvalue weighted by Crippen LogP contribution is -2.48. The molecule has 0 spiro atoms. The number of aromatic nitrogens is 5. The van der Waals surface area contributed by atoms with Crippen LogP contribution in [0.4, 0.5) is 5.95 Å². The number of anilines is 1. The molecular formula is C13H17ClN6O. The summed E-state index contributed by atoms with van der Waals surface area (Å²) in [4.78, 5) is 14.9. The number of rotatable bonds is 3. The van der Waals surface area contributed by atoms with Gasteiger partial charge in [-0.25, -0.2) is 4.68 Å². The van der Waals surface area contributed by atoms with Gasteiger partial charge in [-0.2, -0.15) is 20.1 Å². The van der Waals surface area contributed by atoms with Crippen molar-refractivity contribution in [3.05, 3.63) is 23.7 Å². The summed E-state index contributed by atoms with van der Waals surface area (Å²) in [6, 6.07) is 1.81. The molecule has 8 heteroatoms. The summed E-state index contributed by atoms with van der Waals surface area (Å²) < 4.78 is 7.17. The Morgan fingerprint density at radius 3 is 2.81 bits per heavy atom. The van der Waals surface area contributed by atoms with Gasteiger partial charge in [-0.05, 0) is 37.4 Å². The minimum absolute atomic E-state index is 0.162. The summed E-state index contributed by atoms with van der Waals surface area (Å²) in [5.41, 5.74) is -0.191. The Morgan fingerprint density at radius 2 is 2.10 bits per heavy atom. The smallest absolute Gasteiger partial charge is 0.256 e. The third-order valence-corrected chi connectivity index (χ3v) is 3.90. The van der Waals surface area contributed by atoms with Crippen molar-refractivity contribution in [1.29, 1.82) is 0 Å². The second-order valence-electron chi connectivity index (χ2n) is 5.33. The van der Waals surface area contributed by atoms with Crippen molar-refractivity contribution < 1.29 is 4.74 Å². The molecule has 1 aliphatic rings. The molecule has 112 valence electrons. The van der Waals surface area contributed by atoms with Crippen LogP contribution in [0.15, 0.2) is 18.5 Å². The van der Waals surface area contributed by atoms with Crippen LogP contribution in [0.5, 0.6) is 0 Å². The third-order valence-electron chi connectivity index (χ3n) is 3.73. The number of nitrogens with zero attached hydrogens (tertiary/aromatic N) is 6. The van der Waals surface area contributed by atoms with E-state index in [9.17, 15) is 0 Å². The van der Waals surface area contributed by atoms with E-state index in [4.69, 9.17) is 16.3 Å². The highest BCUT2D eigenvalue weighted by atomic mass is 35.5. The van der Waals surface area contributed by atoms with Crippen molar-refractivity contribution >= 4 is 17.5 Å². The molecule has 1 aliphatic heterocycles. The first-order chi connectivity index (χ1) is 10.1. The lowest BCUT2D eigenvalue weighted by atomic mass is 9.95. The molecule has 1 saturated heterocycles. The summed E-state index contributed by atoms with van der Waals surface area (Å²) in [6.45, 7) is 3.69. The van der Waals surface area contributed by atoms with Gasteiger partial charge in [0.25, 0.3) is 5.95 Å². The molecule has 0 aliphatic carbocycles. The first-order valence-corrected chi connectivity index (χ1v) is 7.19. The Balaban J connectivity index is 1.92. The van der Waals surface area contributed by atoms with Gasteiger partial charge in [0.1, 0.15) is 0 Å². The minimum Gasteiger partial charge on any atom is -0.377 e. The molecule has 7 nitrogen and oxygen atoms in total. The first-order valence-electron chi connectivity index (χ1n) is 6.81. The molecule has 0 N–H and O–H groups in total. The minimum atomic E-state index is -0.191. The van der Waals surface area contributed by atoms with Crippen LogP contribution in [0.1, 0.15) is 19.8 Å². The fourth-order valence-corrected chi connectivity index (χ4v) is 2.65. The summed E-state index contributed by atoms with van der Waals surface area (Å²) >= 11 is 6.03. The highest BCUT2D eigenvalue weighted by molar-refractivity contribution is 6.28. The van der Waals surface area contributed by atoms with E-state index in [1.165, 1.54) is 0 Å². The lowest BCUT2D eigenvalue weighted by molar-refractivity contribution is -0.00499. The maximum atomic E-state index is 6.03. The molecule has 1 fully saturated rings. The summed E-state index contributed by atoms with van der Waals surface area (Å²) in [5, 5.41) is 4.28. The topological polar surface area (TPSA) is 69.0 Å².